The molecule has 2 aromatic carbocycles. The highest BCUT2D eigenvalue weighted by Gasteiger charge is 2.19. The number of rotatable bonds is 6. The molecular weight excluding hydrogens is 371 g/mol. The number of aromatic nitrogens is 3. The number of benzene rings is 2. The fraction of sp³-hybridized carbons (Fsp3) is 0.211. The molecule has 6 nitrogen and oxygen atoms in total. The van der Waals surface area contributed by atoms with E-state index in [-0.39, 0.29) is 29.7 Å². The molecule has 0 radical (unpaired) electrons. The predicted octanol–water partition coefficient (Wildman–Crippen LogP) is 2.92. The van der Waals surface area contributed by atoms with E-state index in [4.69, 9.17) is 11.6 Å². The smallest absolute Gasteiger partial charge is 0.275 e. The minimum absolute atomic E-state index is 0.125. The second kappa shape index (κ2) is 8.28. The van der Waals surface area contributed by atoms with Gasteiger partial charge in [0.15, 0.2) is 5.69 Å². The average molecular weight is 389 g/mol. The van der Waals surface area contributed by atoms with E-state index in [1.807, 2.05) is 18.2 Å². The third-order valence-electron chi connectivity index (χ3n) is 4.08. The van der Waals surface area contributed by atoms with Crippen LogP contribution in [0.2, 0.25) is 5.02 Å². The summed E-state index contributed by atoms with van der Waals surface area (Å²) in [6, 6.07) is 13.2. The molecule has 0 aliphatic rings. The maximum Gasteiger partial charge on any atom is 0.275 e. The third kappa shape index (κ3) is 4.69. The Morgan fingerprint density at radius 2 is 2.04 bits per heavy atom. The molecule has 0 saturated carbocycles. The number of nitrogens with zero attached hydrogens (tertiary/aromatic N) is 4. The topological polar surface area (TPSA) is 71.2 Å². The van der Waals surface area contributed by atoms with Crippen molar-refractivity contribution >= 4 is 17.5 Å². The quantitative estimate of drug-likeness (QED) is 0.704. The van der Waals surface area contributed by atoms with E-state index in [0.717, 1.165) is 5.56 Å². The fourth-order valence-electron chi connectivity index (χ4n) is 2.62. The summed E-state index contributed by atoms with van der Waals surface area (Å²) in [6.07, 6.45) is 0.696. The number of amides is 1. The first-order valence-electron chi connectivity index (χ1n) is 8.26. The highest BCUT2D eigenvalue weighted by Crippen LogP contribution is 2.18. The molecule has 0 bridgehead atoms. The number of likely N-dealkylation sites (N-methyl/N-ethyl adjacent to an activating group) is 1. The summed E-state index contributed by atoms with van der Waals surface area (Å²) < 4.78 is 14.6. The summed E-state index contributed by atoms with van der Waals surface area (Å²) in [7, 11) is 1.59. The number of aliphatic hydroxyl groups excluding tert-OH is 1. The Bertz CT molecular complexity index is 932. The lowest BCUT2D eigenvalue weighted by molar-refractivity contribution is 0.0675. The van der Waals surface area contributed by atoms with Crippen LogP contribution < -0.4 is 0 Å². The number of carbonyl (C=O) groups is 1. The van der Waals surface area contributed by atoms with Gasteiger partial charge in [-0.1, -0.05) is 53.2 Å². The van der Waals surface area contributed by atoms with E-state index in [2.05, 4.69) is 10.3 Å². The molecule has 3 rings (SSSR count). The molecule has 1 atom stereocenters. The Balaban J connectivity index is 1.65. The van der Waals surface area contributed by atoms with Crippen LogP contribution in [0.1, 0.15) is 27.7 Å². The number of aliphatic hydroxyl groups is 1. The van der Waals surface area contributed by atoms with Gasteiger partial charge in [-0.3, -0.25) is 4.79 Å². The summed E-state index contributed by atoms with van der Waals surface area (Å²) in [6.45, 7) is 0.384. The van der Waals surface area contributed by atoms with E-state index in [0.29, 0.717) is 5.56 Å². The molecule has 0 aliphatic heterocycles. The lowest BCUT2D eigenvalue weighted by Gasteiger charge is -2.20. The first-order valence-corrected chi connectivity index (χ1v) is 8.64. The zero-order valence-electron chi connectivity index (χ0n) is 14.6. The van der Waals surface area contributed by atoms with Gasteiger partial charge >= 0.3 is 0 Å². The maximum absolute atomic E-state index is 13.1. The van der Waals surface area contributed by atoms with Crippen LogP contribution in [0, 0.1) is 5.82 Å². The molecule has 0 saturated heterocycles. The zero-order chi connectivity index (χ0) is 19.4. The van der Waals surface area contributed by atoms with Crippen LogP contribution in [0.25, 0.3) is 0 Å². The summed E-state index contributed by atoms with van der Waals surface area (Å²) in [5.41, 5.74) is 1.54. The zero-order valence-corrected chi connectivity index (χ0v) is 15.3. The van der Waals surface area contributed by atoms with E-state index in [1.165, 1.54) is 27.9 Å². The van der Waals surface area contributed by atoms with Crippen LogP contribution in [0.15, 0.2) is 54.7 Å². The lowest BCUT2D eigenvalue weighted by Crippen LogP contribution is -2.31. The number of hydrogen-bond donors (Lipinski definition) is 1. The molecule has 1 unspecified atom stereocenters. The largest absolute Gasteiger partial charge is 0.387 e. The molecule has 1 N–H and O–H groups in total. The Morgan fingerprint density at radius 3 is 2.74 bits per heavy atom. The van der Waals surface area contributed by atoms with E-state index < -0.39 is 11.9 Å². The molecule has 1 amide bonds. The second-order valence-electron chi connectivity index (χ2n) is 6.15. The first-order chi connectivity index (χ1) is 12.9. The van der Waals surface area contributed by atoms with Crippen molar-refractivity contribution in [2.45, 2.75) is 12.6 Å². The summed E-state index contributed by atoms with van der Waals surface area (Å²) in [5, 5.41) is 18.3. The van der Waals surface area contributed by atoms with Crippen molar-refractivity contribution in [2.24, 2.45) is 0 Å². The van der Waals surface area contributed by atoms with Gasteiger partial charge in [0.1, 0.15) is 5.82 Å². The average Bonchev–Trinajstić information content (AvgIpc) is 3.12. The Hall–Kier alpha value is -2.77. The van der Waals surface area contributed by atoms with E-state index in [1.54, 1.807) is 25.2 Å². The summed E-state index contributed by atoms with van der Waals surface area (Å²) in [5.74, 6) is -0.779. The van der Waals surface area contributed by atoms with E-state index in [9.17, 15) is 14.3 Å². The van der Waals surface area contributed by atoms with Crippen LogP contribution in [-0.4, -0.2) is 44.5 Å². The molecule has 0 spiro atoms. The fourth-order valence-corrected chi connectivity index (χ4v) is 2.84. The molecule has 1 heterocycles. The van der Waals surface area contributed by atoms with Gasteiger partial charge in [-0.25, -0.2) is 9.07 Å². The SMILES string of the molecule is CN(CC(O)c1ccccc1)C(=O)c1cn(Cc2ccc(F)cc2Cl)nn1. The highest BCUT2D eigenvalue weighted by atomic mass is 35.5. The minimum atomic E-state index is -0.798. The molecule has 1 aromatic heterocycles. The van der Waals surface area contributed by atoms with Crippen LogP contribution in [0.4, 0.5) is 4.39 Å². The van der Waals surface area contributed by atoms with Crippen LogP contribution >= 0.6 is 11.6 Å². The standard InChI is InChI=1S/C19H18ClFN4O2/c1-24(12-18(26)13-5-3-2-4-6-13)19(27)17-11-25(23-22-17)10-14-7-8-15(21)9-16(14)20/h2-9,11,18,26H,10,12H2,1H3. The van der Waals surface area contributed by atoms with Crippen molar-refractivity contribution in [2.75, 3.05) is 13.6 Å². The summed E-state index contributed by atoms with van der Waals surface area (Å²) >= 11 is 6.01. The van der Waals surface area contributed by atoms with Gasteiger partial charge in [0.25, 0.3) is 5.91 Å². The molecule has 0 aliphatic carbocycles. The number of carbonyl (C=O) groups excluding carboxylic acids is 1. The molecule has 0 fully saturated rings. The molecular formula is C19H18ClFN4O2. The van der Waals surface area contributed by atoms with Crippen molar-refractivity contribution in [1.82, 2.24) is 19.9 Å². The van der Waals surface area contributed by atoms with Gasteiger partial charge in [0, 0.05) is 12.1 Å². The molecule has 27 heavy (non-hydrogen) atoms. The van der Waals surface area contributed by atoms with Crippen molar-refractivity contribution in [3.8, 4) is 0 Å². The Kier molecular flexibility index (Phi) is 5.83. The van der Waals surface area contributed by atoms with Crippen LogP contribution in [-0.2, 0) is 6.54 Å². The van der Waals surface area contributed by atoms with Crippen molar-refractivity contribution in [3.05, 3.63) is 82.4 Å². The van der Waals surface area contributed by atoms with Crippen LogP contribution in [0.5, 0.6) is 0 Å². The van der Waals surface area contributed by atoms with Crippen molar-refractivity contribution in [3.63, 3.8) is 0 Å². The van der Waals surface area contributed by atoms with E-state index >= 15 is 0 Å². The highest BCUT2D eigenvalue weighted by molar-refractivity contribution is 6.31. The molecule has 3 aromatic rings. The van der Waals surface area contributed by atoms with Gasteiger partial charge in [0.2, 0.25) is 0 Å². The van der Waals surface area contributed by atoms with Gasteiger partial charge in [0.05, 0.1) is 25.4 Å². The van der Waals surface area contributed by atoms with Crippen LogP contribution in [0.3, 0.4) is 0 Å². The number of hydrogen-bond acceptors (Lipinski definition) is 4. The van der Waals surface area contributed by atoms with Crippen molar-refractivity contribution < 1.29 is 14.3 Å². The van der Waals surface area contributed by atoms with Gasteiger partial charge in [-0.2, -0.15) is 0 Å². The minimum Gasteiger partial charge on any atom is -0.387 e. The van der Waals surface area contributed by atoms with Crippen molar-refractivity contribution in [1.29, 1.82) is 0 Å². The predicted molar refractivity (Wildman–Crippen MR) is 98.9 cm³/mol. The number of halogens is 2. The third-order valence-corrected chi connectivity index (χ3v) is 4.43. The Morgan fingerprint density at radius 1 is 1.30 bits per heavy atom. The van der Waals surface area contributed by atoms with Gasteiger partial charge in [-0.05, 0) is 23.3 Å². The maximum atomic E-state index is 13.1. The monoisotopic (exact) mass is 388 g/mol. The first kappa shape index (κ1) is 19.0. The van der Waals surface area contributed by atoms with Gasteiger partial charge in [-0.15, -0.1) is 5.10 Å². The second-order valence-corrected chi connectivity index (χ2v) is 6.56. The normalized spacial score (nSPS) is 12.0. The summed E-state index contributed by atoms with van der Waals surface area (Å²) in [4.78, 5) is 13.9. The molecule has 8 heteroatoms. The van der Waals surface area contributed by atoms with Gasteiger partial charge < -0.3 is 10.0 Å². The lowest BCUT2D eigenvalue weighted by atomic mass is 10.1. The Labute approximate surface area is 160 Å². The molecule has 140 valence electrons.